The number of hydrogen-bond donors (Lipinski definition) is 3. The zero-order chi connectivity index (χ0) is 16.6. The number of aliphatic carboxylic acids is 1. The van der Waals surface area contributed by atoms with E-state index in [1.807, 2.05) is 0 Å². The van der Waals surface area contributed by atoms with Crippen LogP contribution in [0.4, 0.5) is 0 Å². The molecule has 7 heteroatoms. The van der Waals surface area contributed by atoms with Crippen molar-refractivity contribution in [2.24, 2.45) is 5.92 Å². The highest BCUT2D eigenvalue weighted by atomic mass is 16.4. The fourth-order valence-electron chi connectivity index (χ4n) is 1.75. The first-order valence-electron chi connectivity index (χ1n) is 7.01. The number of Topliss-reactive ketones (excluding diaryl/α,β-unsaturated/α-hetero) is 1. The molecule has 0 spiro atoms. The normalized spacial score (nSPS) is 13.4. The van der Waals surface area contributed by atoms with Crippen LogP contribution in [0, 0.1) is 5.92 Å². The number of nitrogens with one attached hydrogen (secondary N) is 2. The highest BCUT2D eigenvalue weighted by Crippen LogP contribution is 2.05. The summed E-state index contributed by atoms with van der Waals surface area (Å²) in [5.41, 5.74) is 0. The number of rotatable bonds is 9. The van der Waals surface area contributed by atoms with Crippen molar-refractivity contribution in [1.82, 2.24) is 10.6 Å². The first-order valence-corrected chi connectivity index (χ1v) is 7.01. The highest BCUT2D eigenvalue weighted by Gasteiger charge is 2.28. The summed E-state index contributed by atoms with van der Waals surface area (Å²) in [4.78, 5) is 45.5. The molecule has 120 valence electrons. The molecule has 0 rings (SSSR count). The van der Waals surface area contributed by atoms with Crippen LogP contribution >= 0.6 is 0 Å². The van der Waals surface area contributed by atoms with E-state index in [1.165, 1.54) is 6.92 Å². The van der Waals surface area contributed by atoms with Crippen molar-refractivity contribution in [2.45, 2.75) is 59.0 Å². The van der Waals surface area contributed by atoms with E-state index < -0.39 is 24.0 Å². The zero-order valence-corrected chi connectivity index (χ0v) is 12.9. The van der Waals surface area contributed by atoms with E-state index in [0.717, 1.165) is 0 Å². The van der Waals surface area contributed by atoms with Crippen LogP contribution in [0.5, 0.6) is 0 Å². The average Bonchev–Trinajstić information content (AvgIpc) is 2.38. The molecule has 3 N–H and O–H groups in total. The third kappa shape index (κ3) is 7.43. The third-order valence-corrected chi connectivity index (χ3v) is 3.03. The Hall–Kier alpha value is -1.92. The fourth-order valence-corrected chi connectivity index (χ4v) is 1.75. The van der Waals surface area contributed by atoms with Gasteiger partial charge in [0.05, 0.1) is 0 Å². The molecule has 0 aromatic rings. The molecule has 21 heavy (non-hydrogen) atoms. The van der Waals surface area contributed by atoms with Crippen LogP contribution in [0.2, 0.25) is 0 Å². The SMILES string of the molecule is CCC(=O)CC[C@@H](NC(=O)[C@H](NC(C)=O)C(C)C)C(=O)O. The predicted molar refractivity (Wildman–Crippen MR) is 76.5 cm³/mol. The molecule has 0 fully saturated rings. The Morgan fingerprint density at radius 1 is 1.10 bits per heavy atom. The van der Waals surface area contributed by atoms with Crippen LogP contribution in [0.15, 0.2) is 0 Å². The molecular formula is C14H24N2O5. The molecule has 0 unspecified atom stereocenters. The summed E-state index contributed by atoms with van der Waals surface area (Å²) in [7, 11) is 0. The van der Waals surface area contributed by atoms with Gasteiger partial charge in [0.1, 0.15) is 17.9 Å². The molecule has 2 atom stereocenters. The van der Waals surface area contributed by atoms with Crippen LogP contribution < -0.4 is 10.6 Å². The summed E-state index contributed by atoms with van der Waals surface area (Å²) in [5, 5.41) is 14.0. The number of carboxylic acids is 1. The van der Waals surface area contributed by atoms with Gasteiger partial charge < -0.3 is 15.7 Å². The lowest BCUT2D eigenvalue weighted by Gasteiger charge is -2.23. The Balaban J connectivity index is 4.74. The van der Waals surface area contributed by atoms with Gasteiger partial charge in [0.15, 0.2) is 0 Å². The second kappa shape index (κ2) is 9.10. The lowest BCUT2D eigenvalue weighted by molar-refractivity contribution is -0.142. The second-order valence-electron chi connectivity index (χ2n) is 5.25. The van der Waals surface area contributed by atoms with E-state index in [-0.39, 0.29) is 30.4 Å². The van der Waals surface area contributed by atoms with Crippen molar-refractivity contribution in [1.29, 1.82) is 0 Å². The number of hydrogen-bond acceptors (Lipinski definition) is 4. The van der Waals surface area contributed by atoms with Gasteiger partial charge in [-0.15, -0.1) is 0 Å². The Morgan fingerprint density at radius 2 is 1.67 bits per heavy atom. The van der Waals surface area contributed by atoms with E-state index >= 15 is 0 Å². The van der Waals surface area contributed by atoms with Crippen molar-refractivity contribution >= 4 is 23.6 Å². The minimum atomic E-state index is -1.20. The maximum Gasteiger partial charge on any atom is 0.326 e. The molecule has 0 heterocycles. The van der Waals surface area contributed by atoms with Gasteiger partial charge in [0, 0.05) is 19.8 Å². The van der Waals surface area contributed by atoms with Gasteiger partial charge in [-0.2, -0.15) is 0 Å². The number of amides is 2. The first-order chi connectivity index (χ1) is 9.68. The van der Waals surface area contributed by atoms with Gasteiger partial charge >= 0.3 is 5.97 Å². The van der Waals surface area contributed by atoms with Crippen LogP contribution in [-0.4, -0.2) is 40.8 Å². The van der Waals surface area contributed by atoms with Gasteiger partial charge in [-0.05, 0) is 12.3 Å². The van der Waals surface area contributed by atoms with Gasteiger partial charge in [0.25, 0.3) is 0 Å². The van der Waals surface area contributed by atoms with Crippen LogP contribution in [0.25, 0.3) is 0 Å². The summed E-state index contributed by atoms with van der Waals surface area (Å²) in [6.45, 7) is 6.48. The maximum absolute atomic E-state index is 12.1. The molecule has 0 aliphatic heterocycles. The van der Waals surface area contributed by atoms with Crippen molar-refractivity contribution in [3.05, 3.63) is 0 Å². The highest BCUT2D eigenvalue weighted by molar-refractivity contribution is 5.90. The summed E-state index contributed by atoms with van der Waals surface area (Å²) in [6, 6.07) is -1.94. The molecule has 0 saturated heterocycles. The average molecular weight is 300 g/mol. The minimum absolute atomic E-state index is 0.0403. The van der Waals surface area contributed by atoms with Gasteiger partial charge in [0.2, 0.25) is 11.8 Å². The number of ketones is 1. The molecular weight excluding hydrogens is 276 g/mol. The Bertz CT molecular complexity index is 406. The molecule has 0 aliphatic carbocycles. The predicted octanol–water partition coefficient (Wildman–Crippen LogP) is 0.476. The molecule has 0 saturated carbocycles. The van der Waals surface area contributed by atoms with Crippen molar-refractivity contribution in [2.75, 3.05) is 0 Å². The topological polar surface area (TPSA) is 113 Å². The van der Waals surface area contributed by atoms with E-state index in [9.17, 15) is 19.2 Å². The van der Waals surface area contributed by atoms with Crippen molar-refractivity contribution in [3.8, 4) is 0 Å². The van der Waals surface area contributed by atoms with Crippen LogP contribution in [0.3, 0.4) is 0 Å². The van der Waals surface area contributed by atoms with Crippen molar-refractivity contribution in [3.63, 3.8) is 0 Å². The summed E-state index contributed by atoms with van der Waals surface area (Å²) >= 11 is 0. The summed E-state index contributed by atoms with van der Waals surface area (Å²) < 4.78 is 0. The van der Waals surface area contributed by atoms with Gasteiger partial charge in [-0.1, -0.05) is 20.8 Å². The number of carbonyl (C=O) groups is 4. The Morgan fingerprint density at radius 3 is 2.05 bits per heavy atom. The summed E-state index contributed by atoms with van der Waals surface area (Å²) in [6.07, 6.45) is 0.472. The molecule has 0 aromatic heterocycles. The number of carboxylic acid groups (broad SMARTS) is 1. The second-order valence-corrected chi connectivity index (χ2v) is 5.25. The smallest absolute Gasteiger partial charge is 0.326 e. The van der Waals surface area contributed by atoms with Crippen LogP contribution in [-0.2, 0) is 19.2 Å². The Labute approximate surface area is 124 Å². The molecule has 0 radical (unpaired) electrons. The largest absolute Gasteiger partial charge is 0.480 e. The monoisotopic (exact) mass is 300 g/mol. The molecule has 0 bridgehead atoms. The quantitative estimate of drug-likeness (QED) is 0.573. The third-order valence-electron chi connectivity index (χ3n) is 3.03. The summed E-state index contributed by atoms with van der Waals surface area (Å²) in [5.74, 6) is -2.36. The molecule has 0 aromatic carbocycles. The number of carbonyl (C=O) groups excluding carboxylic acids is 3. The lowest BCUT2D eigenvalue weighted by atomic mass is 10.0. The van der Waals surface area contributed by atoms with Crippen LogP contribution in [0.1, 0.15) is 47.0 Å². The molecule has 7 nitrogen and oxygen atoms in total. The Kier molecular flexibility index (Phi) is 8.26. The van der Waals surface area contributed by atoms with Crippen molar-refractivity contribution < 1.29 is 24.3 Å². The molecule has 2 amide bonds. The first kappa shape index (κ1) is 19.1. The standard InChI is InChI=1S/C14H24N2O5/c1-5-10(18)6-7-11(14(20)21)16-13(19)12(8(2)3)15-9(4)17/h8,11-12H,5-7H2,1-4H3,(H,15,17)(H,16,19)(H,20,21)/t11-,12-/m1/s1. The fraction of sp³-hybridized carbons (Fsp3) is 0.714. The maximum atomic E-state index is 12.1. The van der Waals surface area contributed by atoms with E-state index in [0.29, 0.717) is 6.42 Å². The van der Waals surface area contributed by atoms with Gasteiger partial charge in [-0.3, -0.25) is 14.4 Å². The minimum Gasteiger partial charge on any atom is -0.480 e. The van der Waals surface area contributed by atoms with E-state index in [4.69, 9.17) is 5.11 Å². The van der Waals surface area contributed by atoms with E-state index in [1.54, 1.807) is 20.8 Å². The van der Waals surface area contributed by atoms with E-state index in [2.05, 4.69) is 10.6 Å². The molecule has 0 aliphatic rings. The lowest BCUT2D eigenvalue weighted by Crippen LogP contribution is -2.53. The zero-order valence-electron chi connectivity index (χ0n) is 12.9. The van der Waals surface area contributed by atoms with Gasteiger partial charge in [-0.25, -0.2) is 4.79 Å².